The van der Waals surface area contributed by atoms with Crippen molar-refractivity contribution in [2.75, 3.05) is 25.1 Å². The molecule has 0 radical (unpaired) electrons. The highest BCUT2D eigenvalue weighted by Gasteiger charge is 2.19. The number of thiazole rings is 1. The topological polar surface area (TPSA) is 176 Å². The highest BCUT2D eigenvalue weighted by Crippen LogP contribution is 2.32. The fourth-order valence-corrected chi connectivity index (χ4v) is 7.00. The van der Waals surface area contributed by atoms with E-state index >= 15 is 0 Å². The Morgan fingerprint density at radius 3 is 1.65 bits per heavy atom. The number of terminal acetylenes is 2. The summed E-state index contributed by atoms with van der Waals surface area (Å²) in [6.07, 6.45) is 10.6. The van der Waals surface area contributed by atoms with Crippen molar-refractivity contribution in [3.8, 4) is 58.7 Å². The predicted molar refractivity (Wildman–Crippen MR) is 244 cm³/mol. The van der Waals surface area contributed by atoms with Crippen molar-refractivity contribution in [2.45, 2.75) is 52.9 Å². The molecule has 13 nitrogen and oxygen atoms in total. The third-order valence-electron chi connectivity index (χ3n) is 9.48. The van der Waals surface area contributed by atoms with E-state index in [2.05, 4.69) is 69.8 Å². The summed E-state index contributed by atoms with van der Waals surface area (Å²) in [7, 11) is 0. The van der Waals surface area contributed by atoms with E-state index in [9.17, 15) is 19.5 Å². The lowest BCUT2D eigenvalue weighted by Crippen LogP contribution is -2.16. The molecule has 0 aliphatic heterocycles. The Morgan fingerprint density at radius 1 is 0.698 bits per heavy atom. The van der Waals surface area contributed by atoms with Crippen molar-refractivity contribution in [3.05, 3.63) is 119 Å². The molecule has 0 aliphatic rings. The maximum atomic E-state index is 13.1. The maximum Gasteiger partial charge on any atom is 0.373 e. The van der Waals surface area contributed by atoms with Crippen molar-refractivity contribution in [1.82, 2.24) is 24.9 Å². The van der Waals surface area contributed by atoms with Gasteiger partial charge in [0.15, 0.2) is 5.13 Å². The first-order valence-corrected chi connectivity index (χ1v) is 20.9. The van der Waals surface area contributed by atoms with Crippen LogP contribution in [-0.4, -0.2) is 67.7 Å². The van der Waals surface area contributed by atoms with Crippen LogP contribution in [0.4, 0.5) is 5.13 Å². The molecule has 318 valence electrons. The SMILES string of the molecule is C#CCOc1ccc2nc(C(=O)Nc3nc(CC(=O)OCC)cs3)nc(-c3ccc(C(C)C)cc3)c2c1.C#CCOc1ccc2nc(C(=O)O)nc(-c3ccc(C(C)C)cc3)c2c1. The number of rotatable bonds is 14. The molecule has 4 aromatic carbocycles. The summed E-state index contributed by atoms with van der Waals surface area (Å²) in [6, 6.07) is 26.5. The fourth-order valence-electron chi connectivity index (χ4n) is 6.29. The quantitative estimate of drug-likeness (QED) is 0.0784. The van der Waals surface area contributed by atoms with Crippen molar-refractivity contribution in [1.29, 1.82) is 0 Å². The minimum atomic E-state index is -1.17. The summed E-state index contributed by atoms with van der Waals surface area (Å²) in [6.45, 7) is 10.8. The van der Waals surface area contributed by atoms with E-state index in [4.69, 9.17) is 27.1 Å². The van der Waals surface area contributed by atoms with Gasteiger partial charge in [0.25, 0.3) is 5.91 Å². The van der Waals surface area contributed by atoms with Gasteiger partial charge < -0.3 is 19.3 Å². The van der Waals surface area contributed by atoms with E-state index in [1.54, 1.807) is 42.6 Å². The monoisotopic (exact) mass is 860 g/mol. The van der Waals surface area contributed by atoms with Gasteiger partial charge in [-0.25, -0.2) is 29.7 Å². The van der Waals surface area contributed by atoms with Crippen LogP contribution in [0.2, 0.25) is 0 Å². The van der Waals surface area contributed by atoms with Gasteiger partial charge in [-0.1, -0.05) is 88.1 Å². The molecule has 0 unspecified atom stereocenters. The summed E-state index contributed by atoms with van der Waals surface area (Å²) in [5.41, 5.74) is 6.83. The van der Waals surface area contributed by atoms with E-state index in [0.29, 0.717) is 68.6 Å². The number of hydrogen-bond acceptors (Lipinski definition) is 12. The van der Waals surface area contributed by atoms with Gasteiger partial charge in [0.1, 0.15) is 24.7 Å². The Labute approximate surface area is 369 Å². The summed E-state index contributed by atoms with van der Waals surface area (Å²) >= 11 is 1.21. The van der Waals surface area contributed by atoms with Gasteiger partial charge in [-0.2, -0.15) is 0 Å². The zero-order valence-electron chi connectivity index (χ0n) is 35.3. The third kappa shape index (κ3) is 11.4. The molecule has 2 N–H and O–H groups in total. The first kappa shape index (κ1) is 44.9. The molecule has 14 heteroatoms. The molecule has 0 aliphatic carbocycles. The average Bonchev–Trinajstić information content (AvgIpc) is 3.72. The zero-order chi connectivity index (χ0) is 45.0. The summed E-state index contributed by atoms with van der Waals surface area (Å²) < 4.78 is 16.0. The normalized spacial score (nSPS) is 10.7. The minimum absolute atomic E-state index is 0.00475. The number of benzene rings is 4. The van der Waals surface area contributed by atoms with Gasteiger partial charge >= 0.3 is 11.9 Å². The molecule has 63 heavy (non-hydrogen) atoms. The number of nitrogens with one attached hydrogen (secondary N) is 1. The zero-order valence-corrected chi connectivity index (χ0v) is 36.2. The van der Waals surface area contributed by atoms with Crippen LogP contribution in [0, 0.1) is 24.7 Å². The van der Waals surface area contributed by atoms with Crippen LogP contribution in [0.1, 0.15) is 84.5 Å². The molecule has 0 saturated carbocycles. The first-order valence-electron chi connectivity index (χ1n) is 20.0. The van der Waals surface area contributed by atoms with Crippen LogP contribution in [-0.2, 0) is 16.0 Å². The second-order valence-electron chi connectivity index (χ2n) is 14.6. The number of nitrogens with zero attached hydrogens (tertiary/aromatic N) is 5. The molecule has 7 aromatic rings. The summed E-state index contributed by atoms with van der Waals surface area (Å²) in [5, 5.41) is 15.6. The Balaban J connectivity index is 0.000000223. The highest BCUT2D eigenvalue weighted by atomic mass is 32.1. The van der Waals surface area contributed by atoms with Crippen LogP contribution in [0.15, 0.2) is 90.3 Å². The number of hydrogen-bond donors (Lipinski definition) is 2. The largest absolute Gasteiger partial charge is 0.481 e. The van der Waals surface area contributed by atoms with Gasteiger partial charge in [0.05, 0.1) is 41.1 Å². The number of esters is 1. The molecule has 0 fully saturated rings. The molecule has 7 rings (SSSR count). The molecule has 3 heterocycles. The van der Waals surface area contributed by atoms with E-state index in [0.717, 1.165) is 16.5 Å². The minimum Gasteiger partial charge on any atom is -0.481 e. The smallest absolute Gasteiger partial charge is 0.373 e. The van der Waals surface area contributed by atoms with Crippen LogP contribution < -0.4 is 14.8 Å². The van der Waals surface area contributed by atoms with Crippen molar-refractivity contribution in [2.24, 2.45) is 0 Å². The van der Waals surface area contributed by atoms with E-state index in [1.807, 2.05) is 54.6 Å². The molecular weight excluding hydrogens is 817 g/mol. The number of aromatic nitrogens is 5. The summed E-state index contributed by atoms with van der Waals surface area (Å²) in [4.78, 5) is 58.0. The number of aromatic carboxylic acids is 1. The number of carboxylic acids is 1. The van der Waals surface area contributed by atoms with Gasteiger partial charge in [0.2, 0.25) is 11.6 Å². The van der Waals surface area contributed by atoms with Gasteiger partial charge in [-0.05, 0) is 66.3 Å². The number of carbonyl (C=O) groups is 3. The van der Waals surface area contributed by atoms with Gasteiger partial charge in [0, 0.05) is 27.3 Å². The van der Waals surface area contributed by atoms with Crippen LogP contribution in [0.25, 0.3) is 44.3 Å². The highest BCUT2D eigenvalue weighted by molar-refractivity contribution is 7.14. The Kier molecular flexibility index (Phi) is 14.8. The lowest BCUT2D eigenvalue weighted by atomic mass is 9.99. The number of anilines is 1. The van der Waals surface area contributed by atoms with Crippen LogP contribution in [0.3, 0.4) is 0 Å². The summed E-state index contributed by atoms with van der Waals surface area (Å²) in [5.74, 6) is 4.55. The Hall–Kier alpha value is -7.68. The Morgan fingerprint density at radius 2 is 1.19 bits per heavy atom. The van der Waals surface area contributed by atoms with Crippen molar-refractivity contribution in [3.63, 3.8) is 0 Å². The second-order valence-corrected chi connectivity index (χ2v) is 15.4. The van der Waals surface area contributed by atoms with Gasteiger partial charge in [-0.3, -0.25) is 14.9 Å². The average molecular weight is 861 g/mol. The van der Waals surface area contributed by atoms with Crippen molar-refractivity contribution < 1.29 is 33.7 Å². The lowest BCUT2D eigenvalue weighted by Gasteiger charge is -2.12. The lowest BCUT2D eigenvalue weighted by molar-refractivity contribution is -0.142. The van der Waals surface area contributed by atoms with E-state index in [1.165, 1.54) is 22.5 Å². The van der Waals surface area contributed by atoms with Crippen molar-refractivity contribution >= 4 is 56.1 Å². The first-order chi connectivity index (χ1) is 30.4. The number of carbonyl (C=O) groups excluding carboxylic acids is 2. The van der Waals surface area contributed by atoms with Crippen LogP contribution >= 0.6 is 11.3 Å². The predicted octanol–water partition coefficient (Wildman–Crippen LogP) is 9.38. The van der Waals surface area contributed by atoms with Gasteiger partial charge in [-0.15, -0.1) is 24.2 Å². The molecule has 0 bridgehead atoms. The molecule has 0 spiro atoms. The number of carboxylic acid groups (broad SMARTS) is 1. The molecule has 0 atom stereocenters. The van der Waals surface area contributed by atoms with E-state index < -0.39 is 11.9 Å². The molecular formula is C49H44N6O7S. The maximum absolute atomic E-state index is 13.1. The third-order valence-corrected chi connectivity index (χ3v) is 10.3. The van der Waals surface area contributed by atoms with Crippen LogP contribution in [0.5, 0.6) is 11.5 Å². The standard InChI is InChI=1S/C28H26N4O4S.C21H18N2O3/c1-5-13-36-21-11-12-23-22(15-21)25(19-9-7-18(8-10-19)17(3)4)31-26(30-23)27(34)32-28-29-20(16-37-28)14-24(33)35-6-2;1-4-11-26-16-9-10-18-17(12-16)19(23-20(22-18)21(24)25)15-7-5-14(6-8-15)13(2)3/h1,7-12,15-17H,6,13-14H2,2-4H3,(H,29,32,34);1,5-10,12-13H,11H2,2-3H3,(H,24,25). The molecule has 3 aromatic heterocycles. The second kappa shape index (κ2) is 20.7. The van der Waals surface area contributed by atoms with E-state index in [-0.39, 0.29) is 37.3 Å². The molecule has 1 amide bonds. The molecule has 0 saturated heterocycles. The number of fused-ring (bicyclic) bond motifs is 2. The number of ether oxygens (including phenoxy) is 3. The Bertz CT molecular complexity index is 2860. The number of amides is 1. The fraction of sp³-hybridized carbons (Fsp3) is 0.224.